The number of amides is 2. The first kappa shape index (κ1) is 19.0. The maximum atomic E-state index is 11.9. The lowest BCUT2D eigenvalue weighted by molar-refractivity contribution is -0.147. The number of hydrogen-bond donors (Lipinski definition) is 2. The molecule has 0 saturated heterocycles. The highest BCUT2D eigenvalue weighted by Gasteiger charge is 2.14. The van der Waals surface area contributed by atoms with Crippen molar-refractivity contribution >= 4 is 40.7 Å². The molecule has 0 aliphatic heterocycles. The third-order valence-electron chi connectivity index (χ3n) is 3.25. The highest BCUT2D eigenvalue weighted by atomic mass is 35.5. The molecule has 0 fully saturated rings. The smallest absolute Gasteiger partial charge is 0.325 e. The van der Waals surface area contributed by atoms with Crippen molar-refractivity contribution in [3.05, 3.63) is 57.2 Å². The third kappa shape index (κ3) is 5.88. The van der Waals surface area contributed by atoms with Crippen LogP contribution in [0.1, 0.15) is 28.2 Å². The average molecular weight is 381 g/mol. The summed E-state index contributed by atoms with van der Waals surface area (Å²) in [6.45, 7) is 1.05. The van der Waals surface area contributed by atoms with E-state index in [0.29, 0.717) is 9.90 Å². The molecule has 2 rings (SSSR count). The zero-order valence-corrected chi connectivity index (χ0v) is 15.0. The van der Waals surface area contributed by atoms with Gasteiger partial charge in [-0.15, -0.1) is 11.3 Å². The van der Waals surface area contributed by atoms with Crippen molar-refractivity contribution in [3.63, 3.8) is 0 Å². The molecule has 0 radical (unpaired) electrons. The second kappa shape index (κ2) is 9.19. The van der Waals surface area contributed by atoms with E-state index in [4.69, 9.17) is 16.3 Å². The molecule has 1 aromatic carbocycles. The van der Waals surface area contributed by atoms with Crippen LogP contribution in [0.4, 0.5) is 0 Å². The number of esters is 1. The molecule has 6 nitrogen and oxygen atoms in total. The first-order valence-corrected chi connectivity index (χ1v) is 8.74. The van der Waals surface area contributed by atoms with Crippen LogP contribution in [0.3, 0.4) is 0 Å². The van der Waals surface area contributed by atoms with Crippen molar-refractivity contribution in [2.75, 3.05) is 13.2 Å². The molecule has 1 atom stereocenters. The summed E-state index contributed by atoms with van der Waals surface area (Å²) in [4.78, 5) is 35.6. The topological polar surface area (TPSA) is 84.5 Å². The van der Waals surface area contributed by atoms with E-state index in [1.165, 1.54) is 11.3 Å². The number of rotatable bonds is 7. The lowest BCUT2D eigenvalue weighted by Crippen LogP contribution is -2.34. The van der Waals surface area contributed by atoms with Crippen LogP contribution in [-0.2, 0) is 14.3 Å². The first-order valence-electron chi connectivity index (χ1n) is 7.48. The van der Waals surface area contributed by atoms with Crippen LogP contribution >= 0.6 is 22.9 Å². The number of ether oxygens (including phenoxy) is 1. The summed E-state index contributed by atoms with van der Waals surface area (Å²) >= 11 is 7.33. The molecular formula is C17H17ClN2O4S. The number of carbonyl (C=O) groups excluding carboxylic acids is 3. The fourth-order valence-electron chi connectivity index (χ4n) is 2.03. The molecule has 0 bridgehead atoms. The average Bonchev–Trinajstić information content (AvgIpc) is 3.12. The van der Waals surface area contributed by atoms with E-state index in [1.54, 1.807) is 42.6 Å². The molecule has 8 heteroatoms. The van der Waals surface area contributed by atoms with Gasteiger partial charge in [0.05, 0.1) is 10.9 Å². The summed E-state index contributed by atoms with van der Waals surface area (Å²) in [6, 6.07) is 10.2. The van der Waals surface area contributed by atoms with Gasteiger partial charge in [0.15, 0.2) is 6.61 Å². The van der Waals surface area contributed by atoms with Crippen LogP contribution in [0.2, 0.25) is 5.02 Å². The van der Waals surface area contributed by atoms with Gasteiger partial charge >= 0.3 is 5.97 Å². The van der Waals surface area contributed by atoms with Gasteiger partial charge in [0.25, 0.3) is 11.8 Å². The SMILES string of the molecule is C[C@@H](NC(=O)COC(=O)CNC(=O)c1cccs1)c1ccccc1Cl. The van der Waals surface area contributed by atoms with Crippen LogP contribution in [0.15, 0.2) is 41.8 Å². The van der Waals surface area contributed by atoms with Crippen molar-refractivity contribution in [2.24, 2.45) is 0 Å². The summed E-state index contributed by atoms with van der Waals surface area (Å²) in [7, 11) is 0. The van der Waals surface area contributed by atoms with Crippen molar-refractivity contribution in [2.45, 2.75) is 13.0 Å². The fraction of sp³-hybridized carbons (Fsp3) is 0.235. The van der Waals surface area contributed by atoms with Gasteiger partial charge in [-0.05, 0) is 30.0 Å². The third-order valence-corrected chi connectivity index (χ3v) is 4.46. The molecule has 0 aliphatic carbocycles. The molecule has 0 unspecified atom stereocenters. The molecular weight excluding hydrogens is 364 g/mol. The number of thiophene rings is 1. The molecule has 2 aromatic rings. The van der Waals surface area contributed by atoms with Crippen molar-refractivity contribution in [1.29, 1.82) is 0 Å². The zero-order chi connectivity index (χ0) is 18.2. The molecule has 1 aromatic heterocycles. The standard InChI is InChI=1S/C17H17ClN2O4S/c1-11(12-5-2-3-6-13(12)18)20-15(21)10-24-16(22)9-19-17(23)14-7-4-8-25-14/h2-8,11H,9-10H2,1H3,(H,19,23)(H,20,21)/t11-/m1/s1. The Kier molecular flexibility index (Phi) is 6.97. The Hall–Kier alpha value is -2.38. The fourth-order valence-corrected chi connectivity index (χ4v) is 2.97. The van der Waals surface area contributed by atoms with E-state index in [0.717, 1.165) is 5.56 Å². The number of carbonyl (C=O) groups is 3. The van der Waals surface area contributed by atoms with E-state index < -0.39 is 18.5 Å². The number of benzene rings is 1. The lowest BCUT2D eigenvalue weighted by atomic mass is 10.1. The summed E-state index contributed by atoms with van der Waals surface area (Å²) in [5, 5.41) is 7.43. The zero-order valence-electron chi connectivity index (χ0n) is 13.5. The Morgan fingerprint density at radius 3 is 2.64 bits per heavy atom. The van der Waals surface area contributed by atoms with E-state index in [9.17, 15) is 14.4 Å². The minimum Gasteiger partial charge on any atom is -0.454 e. The molecule has 0 aliphatic rings. The maximum Gasteiger partial charge on any atom is 0.325 e. The van der Waals surface area contributed by atoms with Crippen LogP contribution in [0.25, 0.3) is 0 Å². The predicted octanol–water partition coefficient (Wildman–Crippen LogP) is 2.55. The van der Waals surface area contributed by atoms with Gasteiger partial charge in [-0.2, -0.15) is 0 Å². The van der Waals surface area contributed by atoms with Gasteiger partial charge < -0.3 is 15.4 Å². The molecule has 132 valence electrons. The highest BCUT2D eigenvalue weighted by molar-refractivity contribution is 7.12. The minimum absolute atomic E-state index is 0.302. The second-order valence-electron chi connectivity index (χ2n) is 5.13. The van der Waals surface area contributed by atoms with Gasteiger partial charge in [-0.3, -0.25) is 14.4 Å². The first-order chi connectivity index (χ1) is 12.0. The quantitative estimate of drug-likeness (QED) is 0.723. The van der Waals surface area contributed by atoms with Crippen LogP contribution in [0, 0.1) is 0 Å². The summed E-state index contributed by atoms with van der Waals surface area (Å²) in [5.74, 6) is -1.50. The number of halogens is 1. The van der Waals surface area contributed by atoms with Gasteiger partial charge in [0, 0.05) is 5.02 Å². The molecule has 0 spiro atoms. The van der Waals surface area contributed by atoms with Gasteiger partial charge in [0.1, 0.15) is 6.54 Å². The summed E-state index contributed by atoms with van der Waals surface area (Å²) in [5.41, 5.74) is 0.770. The molecule has 2 amide bonds. The minimum atomic E-state index is -0.689. The Labute approximate surface area is 154 Å². The summed E-state index contributed by atoms with van der Waals surface area (Å²) < 4.78 is 4.84. The normalized spacial score (nSPS) is 11.4. The van der Waals surface area contributed by atoms with Crippen molar-refractivity contribution < 1.29 is 19.1 Å². The highest BCUT2D eigenvalue weighted by Crippen LogP contribution is 2.21. The van der Waals surface area contributed by atoms with Crippen LogP contribution < -0.4 is 10.6 Å². The maximum absolute atomic E-state index is 11.9. The van der Waals surface area contributed by atoms with Crippen molar-refractivity contribution in [3.8, 4) is 0 Å². The second-order valence-corrected chi connectivity index (χ2v) is 6.49. The molecule has 2 N–H and O–H groups in total. The van der Waals surface area contributed by atoms with Gasteiger partial charge in [-0.1, -0.05) is 35.9 Å². The molecule has 0 saturated carbocycles. The predicted molar refractivity (Wildman–Crippen MR) is 95.6 cm³/mol. The Balaban J connectivity index is 1.71. The number of nitrogens with one attached hydrogen (secondary N) is 2. The summed E-state index contributed by atoms with van der Waals surface area (Å²) in [6.07, 6.45) is 0. The van der Waals surface area contributed by atoms with Gasteiger partial charge in [-0.25, -0.2) is 0 Å². The Bertz CT molecular complexity index is 749. The largest absolute Gasteiger partial charge is 0.454 e. The van der Waals surface area contributed by atoms with Crippen LogP contribution in [0.5, 0.6) is 0 Å². The van der Waals surface area contributed by atoms with E-state index in [1.807, 2.05) is 6.07 Å². The van der Waals surface area contributed by atoms with Crippen molar-refractivity contribution in [1.82, 2.24) is 10.6 Å². The Morgan fingerprint density at radius 2 is 1.96 bits per heavy atom. The molecule has 25 heavy (non-hydrogen) atoms. The van der Waals surface area contributed by atoms with Gasteiger partial charge in [0.2, 0.25) is 0 Å². The van der Waals surface area contributed by atoms with Crippen LogP contribution in [-0.4, -0.2) is 30.9 Å². The monoisotopic (exact) mass is 380 g/mol. The number of hydrogen-bond acceptors (Lipinski definition) is 5. The van der Waals surface area contributed by atoms with E-state index in [-0.39, 0.29) is 18.5 Å². The van der Waals surface area contributed by atoms with E-state index in [2.05, 4.69) is 10.6 Å². The van der Waals surface area contributed by atoms with E-state index >= 15 is 0 Å². The molecule has 1 heterocycles. The lowest BCUT2D eigenvalue weighted by Gasteiger charge is -2.15. The Morgan fingerprint density at radius 1 is 1.20 bits per heavy atom.